The second kappa shape index (κ2) is 11.1. The highest BCUT2D eigenvalue weighted by Gasteiger charge is 2.17. The van der Waals surface area contributed by atoms with Crippen LogP contribution in [-0.2, 0) is 0 Å². The molecule has 0 saturated carbocycles. The third-order valence-corrected chi connectivity index (χ3v) is 7.44. The predicted octanol–water partition coefficient (Wildman–Crippen LogP) is 7.34. The zero-order valence-electron chi connectivity index (χ0n) is 21.4. The standard InChI is InChI=1S/C33H27N3O2S/c37-33(38-27-17-14-25(15-18-27)32(39)36-20-8-3-9-21-36)26-16-19-28-29(22-26)35-31(24-12-6-2-7-13-24)30(34-28)23-10-4-1-5-11-23/h1-2,4-7,10-19,22H,3,8-9,20-21H2. The summed E-state index contributed by atoms with van der Waals surface area (Å²) in [5.74, 6) is 0.0271. The monoisotopic (exact) mass is 529 g/mol. The summed E-state index contributed by atoms with van der Waals surface area (Å²) in [6.07, 6.45) is 3.61. The Labute approximate surface area is 233 Å². The molecular weight excluding hydrogens is 502 g/mol. The van der Waals surface area contributed by atoms with Gasteiger partial charge in [-0.25, -0.2) is 14.8 Å². The lowest BCUT2D eigenvalue weighted by molar-refractivity contribution is 0.0735. The molecule has 0 unspecified atom stereocenters. The van der Waals surface area contributed by atoms with Gasteiger partial charge in [0.25, 0.3) is 0 Å². The molecule has 1 aliphatic rings. The van der Waals surface area contributed by atoms with E-state index in [0.29, 0.717) is 22.3 Å². The van der Waals surface area contributed by atoms with Crippen LogP contribution < -0.4 is 4.74 Å². The van der Waals surface area contributed by atoms with E-state index in [2.05, 4.69) is 4.90 Å². The van der Waals surface area contributed by atoms with E-state index in [1.807, 2.05) is 78.9 Å². The van der Waals surface area contributed by atoms with Gasteiger partial charge in [-0.3, -0.25) is 0 Å². The minimum atomic E-state index is -0.446. The fourth-order valence-corrected chi connectivity index (χ4v) is 5.21. The summed E-state index contributed by atoms with van der Waals surface area (Å²) < 4.78 is 5.69. The molecule has 1 aromatic heterocycles. The number of rotatable bonds is 5. The molecule has 0 aliphatic carbocycles. The largest absolute Gasteiger partial charge is 0.423 e. The van der Waals surface area contributed by atoms with Crippen LogP contribution in [0.4, 0.5) is 0 Å². The van der Waals surface area contributed by atoms with Gasteiger partial charge in [0.2, 0.25) is 0 Å². The highest BCUT2D eigenvalue weighted by atomic mass is 32.1. The van der Waals surface area contributed by atoms with E-state index >= 15 is 0 Å². The first-order valence-electron chi connectivity index (χ1n) is 13.2. The Hall–Kier alpha value is -4.42. The molecule has 6 rings (SSSR count). The number of piperidine rings is 1. The van der Waals surface area contributed by atoms with E-state index in [4.69, 9.17) is 26.9 Å². The fraction of sp³-hybridized carbons (Fsp3) is 0.152. The van der Waals surface area contributed by atoms with Crippen LogP contribution >= 0.6 is 12.2 Å². The van der Waals surface area contributed by atoms with Crippen molar-refractivity contribution in [1.82, 2.24) is 14.9 Å². The van der Waals surface area contributed by atoms with E-state index in [9.17, 15) is 4.79 Å². The van der Waals surface area contributed by atoms with Gasteiger partial charge in [-0.2, -0.15) is 0 Å². The number of thiocarbonyl (C=S) groups is 1. The average Bonchev–Trinajstić information content (AvgIpc) is 3.01. The summed E-state index contributed by atoms with van der Waals surface area (Å²) in [5, 5.41) is 0. The Morgan fingerprint density at radius 1 is 0.667 bits per heavy atom. The van der Waals surface area contributed by atoms with Gasteiger partial charge in [-0.1, -0.05) is 72.9 Å². The fourth-order valence-electron chi connectivity index (χ4n) is 4.89. The molecular formula is C33H27N3O2S. The number of esters is 1. The van der Waals surface area contributed by atoms with E-state index in [-0.39, 0.29) is 0 Å². The molecule has 5 nitrogen and oxygen atoms in total. The molecule has 1 aliphatic heterocycles. The Kier molecular flexibility index (Phi) is 7.11. The number of carbonyl (C=O) groups is 1. The van der Waals surface area contributed by atoms with Crippen molar-refractivity contribution in [2.45, 2.75) is 19.3 Å². The number of likely N-dealkylation sites (tertiary alicyclic amines) is 1. The molecule has 1 saturated heterocycles. The van der Waals surface area contributed by atoms with Gasteiger partial charge in [-0.15, -0.1) is 0 Å². The Bertz CT molecular complexity index is 1630. The van der Waals surface area contributed by atoms with E-state index in [1.54, 1.807) is 24.3 Å². The van der Waals surface area contributed by atoms with Crippen LogP contribution in [0.5, 0.6) is 5.75 Å². The molecule has 0 N–H and O–H groups in total. The molecule has 6 heteroatoms. The number of benzene rings is 4. The van der Waals surface area contributed by atoms with Crippen molar-refractivity contribution in [2.75, 3.05) is 13.1 Å². The lowest BCUT2D eigenvalue weighted by Gasteiger charge is -2.29. The van der Waals surface area contributed by atoms with Gasteiger partial charge in [0.05, 0.1) is 28.0 Å². The number of fused-ring (bicyclic) bond motifs is 1. The first kappa shape index (κ1) is 24.9. The zero-order chi connectivity index (χ0) is 26.6. The average molecular weight is 530 g/mol. The van der Waals surface area contributed by atoms with E-state index < -0.39 is 5.97 Å². The van der Waals surface area contributed by atoms with Crippen LogP contribution in [0.3, 0.4) is 0 Å². The topological polar surface area (TPSA) is 55.3 Å². The third kappa shape index (κ3) is 5.42. The maximum atomic E-state index is 13.1. The van der Waals surface area contributed by atoms with Crippen LogP contribution in [0.2, 0.25) is 0 Å². The number of aromatic nitrogens is 2. The molecule has 0 amide bonds. The van der Waals surface area contributed by atoms with Crippen molar-refractivity contribution in [3.63, 3.8) is 0 Å². The second-order valence-corrected chi connectivity index (χ2v) is 10.0. The second-order valence-electron chi connectivity index (χ2n) is 9.62. The first-order valence-corrected chi connectivity index (χ1v) is 13.6. The quantitative estimate of drug-likeness (QED) is 0.135. The molecule has 0 atom stereocenters. The minimum absolute atomic E-state index is 0.413. The van der Waals surface area contributed by atoms with Crippen LogP contribution in [0.1, 0.15) is 35.2 Å². The lowest BCUT2D eigenvalue weighted by atomic mass is 10.0. The van der Waals surface area contributed by atoms with Crippen molar-refractivity contribution >= 4 is 34.2 Å². The maximum absolute atomic E-state index is 13.1. The zero-order valence-corrected chi connectivity index (χ0v) is 22.2. The Morgan fingerprint density at radius 2 is 1.23 bits per heavy atom. The molecule has 4 aromatic carbocycles. The minimum Gasteiger partial charge on any atom is -0.423 e. The van der Waals surface area contributed by atoms with Crippen LogP contribution in [0, 0.1) is 0 Å². The first-order chi connectivity index (χ1) is 19.2. The molecule has 2 heterocycles. The highest BCUT2D eigenvalue weighted by Crippen LogP contribution is 2.31. The lowest BCUT2D eigenvalue weighted by Crippen LogP contribution is -2.34. The number of hydrogen-bond acceptors (Lipinski definition) is 5. The van der Waals surface area contributed by atoms with Gasteiger partial charge in [0.1, 0.15) is 10.7 Å². The summed E-state index contributed by atoms with van der Waals surface area (Å²) in [4.78, 5) is 26.1. The van der Waals surface area contributed by atoms with Crippen molar-refractivity contribution in [2.24, 2.45) is 0 Å². The number of ether oxygens (including phenoxy) is 1. The van der Waals surface area contributed by atoms with Crippen LogP contribution in [0.15, 0.2) is 103 Å². The van der Waals surface area contributed by atoms with Gasteiger partial charge in [0.15, 0.2) is 0 Å². The van der Waals surface area contributed by atoms with Gasteiger partial charge in [0, 0.05) is 29.8 Å². The Morgan fingerprint density at radius 3 is 1.85 bits per heavy atom. The molecule has 0 bridgehead atoms. The SMILES string of the molecule is O=C(Oc1ccc(C(=S)N2CCCCC2)cc1)c1ccc2nc(-c3ccccc3)c(-c3ccccc3)nc2c1. The number of carbonyl (C=O) groups excluding carboxylic acids is 1. The van der Waals surface area contributed by atoms with Gasteiger partial charge >= 0.3 is 5.97 Å². The van der Waals surface area contributed by atoms with Crippen LogP contribution in [-0.4, -0.2) is 38.9 Å². The van der Waals surface area contributed by atoms with Crippen molar-refractivity contribution in [3.05, 3.63) is 114 Å². The smallest absolute Gasteiger partial charge is 0.343 e. The summed E-state index contributed by atoms with van der Waals surface area (Å²) in [6, 6.07) is 32.7. The summed E-state index contributed by atoms with van der Waals surface area (Å²) in [7, 11) is 0. The number of nitrogens with zero attached hydrogens (tertiary/aromatic N) is 3. The van der Waals surface area contributed by atoms with Crippen LogP contribution in [0.25, 0.3) is 33.5 Å². The predicted molar refractivity (Wildman–Crippen MR) is 159 cm³/mol. The molecule has 0 radical (unpaired) electrons. The van der Waals surface area contributed by atoms with Crippen molar-refractivity contribution in [3.8, 4) is 28.3 Å². The van der Waals surface area contributed by atoms with Gasteiger partial charge < -0.3 is 9.64 Å². The summed E-state index contributed by atoms with van der Waals surface area (Å²) in [5.41, 5.74) is 6.23. The van der Waals surface area contributed by atoms with E-state index in [1.165, 1.54) is 19.3 Å². The van der Waals surface area contributed by atoms with Gasteiger partial charge in [-0.05, 0) is 61.7 Å². The molecule has 39 heavy (non-hydrogen) atoms. The molecule has 5 aromatic rings. The summed E-state index contributed by atoms with van der Waals surface area (Å²) in [6.45, 7) is 2.00. The van der Waals surface area contributed by atoms with Crippen molar-refractivity contribution in [1.29, 1.82) is 0 Å². The highest BCUT2D eigenvalue weighted by molar-refractivity contribution is 7.80. The third-order valence-electron chi connectivity index (χ3n) is 6.95. The normalized spacial score (nSPS) is 13.3. The molecule has 0 spiro atoms. The number of hydrogen-bond donors (Lipinski definition) is 0. The van der Waals surface area contributed by atoms with E-state index in [0.717, 1.165) is 46.2 Å². The maximum Gasteiger partial charge on any atom is 0.343 e. The summed E-state index contributed by atoms with van der Waals surface area (Å²) >= 11 is 5.68. The molecule has 192 valence electrons. The Balaban J connectivity index is 1.27. The van der Waals surface area contributed by atoms with Crippen molar-refractivity contribution < 1.29 is 9.53 Å². The molecule has 1 fully saturated rings.